The maximum atomic E-state index is 12.0. The van der Waals surface area contributed by atoms with Crippen molar-refractivity contribution in [2.45, 2.75) is 6.61 Å². The van der Waals surface area contributed by atoms with Gasteiger partial charge in [0.1, 0.15) is 30.3 Å². The van der Waals surface area contributed by atoms with Crippen molar-refractivity contribution in [1.29, 1.82) is 0 Å². The van der Waals surface area contributed by atoms with Crippen LogP contribution in [0.15, 0.2) is 54.8 Å². The average Bonchev–Trinajstić information content (AvgIpc) is 2.69. The number of rotatable bonds is 9. The fourth-order valence-corrected chi connectivity index (χ4v) is 2.34. The molecule has 0 fully saturated rings. The molecule has 0 spiro atoms. The van der Waals surface area contributed by atoms with E-state index in [4.69, 9.17) is 24.1 Å². The molecule has 0 atom stereocenters. The maximum absolute atomic E-state index is 12.0. The maximum Gasteiger partial charge on any atom is 0.341 e. The first kappa shape index (κ1) is 19.3. The minimum absolute atomic E-state index is 0.0550. The van der Waals surface area contributed by atoms with Gasteiger partial charge in [-0.2, -0.15) is 0 Å². The number of aliphatic hydroxyl groups is 1. The van der Waals surface area contributed by atoms with E-state index >= 15 is 0 Å². The minimum atomic E-state index is -0.487. The molecule has 0 radical (unpaired) electrons. The smallest absolute Gasteiger partial charge is 0.341 e. The Labute approximate surface area is 152 Å². The van der Waals surface area contributed by atoms with Crippen LogP contribution in [0.2, 0.25) is 0 Å². The average molecular weight is 358 g/mol. The number of hydrogen-bond donors (Lipinski definition) is 1. The number of ether oxygens (including phenoxy) is 4. The zero-order valence-corrected chi connectivity index (χ0v) is 14.8. The van der Waals surface area contributed by atoms with E-state index in [1.165, 1.54) is 20.5 Å². The molecule has 0 aromatic heterocycles. The third-order valence-electron chi connectivity index (χ3n) is 3.51. The highest BCUT2D eigenvalue weighted by Gasteiger charge is 2.16. The SMILES string of the molecule is COC=C(C(=O)OC)c1ccccc1COc1cccc(OCCO)c1. The molecule has 6 nitrogen and oxygen atoms in total. The number of aliphatic hydroxyl groups excluding tert-OH is 1. The van der Waals surface area contributed by atoms with E-state index < -0.39 is 5.97 Å². The molecule has 0 aliphatic carbocycles. The molecule has 138 valence electrons. The standard InChI is InChI=1S/C20H22O6/c1-23-14-19(20(22)24-2)18-9-4-3-6-15(18)13-26-17-8-5-7-16(12-17)25-11-10-21/h3-9,12,14,21H,10-11,13H2,1-2H3. The predicted octanol–water partition coefficient (Wildman–Crippen LogP) is 2.80. The van der Waals surface area contributed by atoms with Gasteiger partial charge < -0.3 is 24.1 Å². The van der Waals surface area contributed by atoms with E-state index in [1.54, 1.807) is 30.3 Å². The molecule has 2 aromatic rings. The molecule has 0 heterocycles. The van der Waals surface area contributed by atoms with Gasteiger partial charge in [0.2, 0.25) is 0 Å². The largest absolute Gasteiger partial charge is 0.503 e. The molecule has 0 saturated carbocycles. The van der Waals surface area contributed by atoms with Crippen LogP contribution in [-0.2, 0) is 20.9 Å². The molecule has 26 heavy (non-hydrogen) atoms. The fourth-order valence-electron chi connectivity index (χ4n) is 2.34. The number of carbonyl (C=O) groups is 1. The molecule has 0 saturated heterocycles. The first-order chi connectivity index (χ1) is 12.7. The second-order valence-corrected chi connectivity index (χ2v) is 5.25. The Balaban J connectivity index is 2.18. The molecule has 0 unspecified atom stereocenters. The van der Waals surface area contributed by atoms with Gasteiger partial charge in [-0.25, -0.2) is 4.79 Å². The van der Waals surface area contributed by atoms with Crippen LogP contribution in [0, 0.1) is 0 Å². The number of hydrogen-bond acceptors (Lipinski definition) is 6. The van der Waals surface area contributed by atoms with Crippen LogP contribution in [0.3, 0.4) is 0 Å². The molecule has 0 amide bonds. The van der Waals surface area contributed by atoms with Crippen molar-refractivity contribution in [3.63, 3.8) is 0 Å². The molecule has 6 heteroatoms. The van der Waals surface area contributed by atoms with Crippen molar-refractivity contribution >= 4 is 11.5 Å². The molecule has 1 N–H and O–H groups in total. The lowest BCUT2D eigenvalue weighted by molar-refractivity contribution is -0.133. The lowest BCUT2D eigenvalue weighted by Gasteiger charge is -2.13. The van der Waals surface area contributed by atoms with Crippen LogP contribution in [0.4, 0.5) is 0 Å². The Morgan fingerprint density at radius 3 is 2.46 bits per heavy atom. The molecule has 0 aliphatic rings. The summed E-state index contributed by atoms with van der Waals surface area (Å²) >= 11 is 0. The normalized spacial score (nSPS) is 11.0. The Morgan fingerprint density at radius 1 is 1.04 bits per heavy atom. The van der Waals surface area contributed by atoms with Crippen molar-refractivity contribution in [2.75, 3.05) is 27.4 Å². The van der Waals surface area contributed by atoms with Gasteiger partial charge >= 0.3 is 5.97 Å². The van der Waals surface area contributed by atoms with Crippen molar-refractivity contribution in [3.05, 3.63) is 65.9 Å². The van der Waals surface area contributed by atoms with Crippen molar-refractivity contribution < 1.29 is 28.8 Å². The molecular formula is C20H22O6. The highest BCUT2D eigenvalue weighted by Crippen LogP contribution is 2.24. The van der Waals surface area contributed by atoms with E-state index in [0.717, 1.165) is 5.56 Å². The van der Waals surface area contributed by atoms with E-state index in [0.29, 0.717) is 22.6 Å². The lowest BCUT2D eigenvalue weighted by Crippen LogP contribution is -2.08. The van der Waals surface area contributed by atoms with Crippen LogP contribution in [-0.4, -0.2) is 38.5 Å². The number of esters is 1. The Kier molecular flexibility index (Phi) is 7.51. The summed E-state index contributed by atoms with van der Waals surface area (Å²) in [6.07, 6.45) is 1.36. The number of carbonyl (C=O) groups excluding carboxylic acids is 1. The van der Waals surface area contributed by atoms with E-state index in [1.807, 2.05) is 18.2 Å². The van der Waals surface area contributed by atoms with E-state index in [9.17, 15) is 4.79 Å². The van der Waals surface area contributed by atoms with Crippen LogP contribution in [0.25, 0.3) is 5.57 Å². The third-order valence-corrected chi connectivity index (χ3v) is 3.51. The minimum Gasteiger partial charge on any atom is -0.503 e. The first-order valence-electron chi connectivity index (χ1n) is 8.05. The van der Waals surface area contributed by atoms with Gasteiger partial charge in [0.15, 0.2) is 0 Å². The summed E-state index contributed by atoms with van der Waals surface area (Å²) in [6, 6.07) is 14.5. The van der Waals surface area contributed by atoms with Crippen LogP contribution in [0.1, 0.15) is 11.1 Å². The van der Waals surface area contributed by atoms with E-state index in [-0.39, 0.29) is 19.8 Å². The molecule has 2 rings (SSSR count). The second kappa shape index (κ2) is 10.1. The van der Waals surface area contributed by atoms with Crippen molar-refractivity contribution in [2.24, 2.45) is 0 Å². The predicted molar refractivity (Wildman–Crippen MR) is 96.8 cm³/mol. The van der Waals surface area contributed by atoms with Gasteiger partial charge in [-0.1, -0.05) is 30.3 Å². The topological polar surface area (TPSA) is 74.2 Å². The highest BCUT2D eigenvalue weighted by molar-refractivity contribution is 6.16. The zero-order chi connectivity index (χ0) is 18.8. The summed E-state index contributed by atoms with van der Waals surface area (Å²) in [7, 11) is 2.79. The molecule has 2 aromatic carbocycles. The van der Waals surface area contributed by atoms with Gasteiger partial charge in [0.25, 0.3) is 0 Å². The molecule has 0 bridgehead atoms. The quantitative estimate of drug-likeness (QED) is 0.422. The van der Waals surface area contributed by atoms with Crippen molar-refractivity contribution in [1.82, 2.24) is 0 Å². The highest BCUT2D eigenvalue weighted by atomic mass is 16.5. The van der Waals surface area contributed by atoms with Gasteiger partial charge in [-0.15, -0.1) is 0 Å². The lowest BCUT2D eigenvalue weighted by atomic mass is 10.0. The Bertz CT molecular complexity index is 753. The summed E-state index contributed by atoms with van der Waals surface area (Å²) < 4.78 is 21.0. The third kappa shape index (κ3) is 5.26. The first-order valence-corrected chi connectivity index (χ1v) is 8.05. The second-order valence-electron chi connectivity index (χ2n) is 5.25. The fraction of sp³-hybridized carbons (Fsp3) is 0.250. The summed E-state index contributed by atoms with van der Waals surface area (Å²) in [5.74, 6) is 0.739. The Morgan fingerprint density at radius 2 is 1.77 bits per heavy atom. The van der Waals surface area contributed by atoms with Gasteiger partial charge in [0.05, 0.1) is 27.1 Å². The molecular weight excluding hydrogens is 336 g/mol. The summed E-state index contributed by atoms with van der Waals surface area (Å²) in [5, 5.41) is 8.83. The van der Waals surface area contributed by atoms with Gasteiger partial charge in [-0.3, -0.25) is 0 Å². The van der Waals surface area contributed by atoms with Crippen LogP contribution < -0.4 is 9.47 Å². The summed E-state index contributed by atoms with van der Waals surface area (Å²) in [6.45, 7) is 0.412. The summed E-state index contributed by atoms with van der Waals surface area (Å²) in [4.78, 5) is 12.0. The number of methoxy groups -OCH3 is 2. The van der Waals surface area contributed by atoms with Gasteiger partial charge in [0, 0.05) is 6.07 Å². The summed E-state index contributed by atoms with van der Waals surface area (Å²) in [5.41, 5.74) is 1.80. The zero-order valence-electron chi connectivity index (χ0n) is 14.8. The van der Waals surface area contributed by atoms with Crippen molar-refractivity contribution in [3.8, 4) is 11.5 Å². The van der Waals surface area contributed by atoms with Crippen LogP contribution in [0.5, 0.6) is 11.5 Å². The van der Waals surface area contributed by atoms with E-state index in [2.05, 4.69) is 0 Å². The number of benzene rings is 2. The van der Waals surface area contributed by atoms with Crippen LogP contribution >= 0.6 is 0 Å². The van der Waals surface area contributed by atoms with Gasteiger partial charge in [-0.05, 0) is 23.3 Å². The monoisotopic (exact) mass is 358 g/mol. The Hall–Kier alpha value is -2.99. The molecule has 0 aliphatic heterocycles.